The van der Waals surface area contributed by atoms with Crippen molar-refractivity contribution in [1.29, 1.82) is 5.26 Å². The number of fused-ring (bicyclic) bond motifs is 1. The first-order chi connectivity index (χ1) is 14.7. The van der Waals surface area contributed by atoms with Gasteiger partial charge in [0, 0.05) is 43.9 Å². The molecule has 9 nitrogen and oxygen atoms in total. The van der Waals surface area contributed by atoms with E-state index in [1.54, 1.807) is 11.1 Å². The summed E-state index contributed by atoms with van der Waals surface area (Å²) >= 11 is 0. The number of rotatable bonds is 3. The first kappa shape index (κ1) is 18.5. The zero-order chi connectivity index (χ0) is 20.5. The predicted octanol–water partition coefficient (Wildman–Crippen LogP) is 2.12. The quantitative estimate of drug-likeness (QED) is 0.660. The number of nitrogens with zero attached hydrogens (tertiary/aromatic N) is 7. The van der Waals surface area contributed by atoms with E-state index in [1.165, 1.54) is 6.33 Å². The van der Waals surface area contributed by atoms with Crippen LogP contribution in [0.2, 0.25) is 0 Å². The molecule has 3 aromatic rings. The molecule has 2 saturated heterocycles. The number of carbonyl (C=O) groups is 1. The Morgan fingerprint density at radius 2 is 2.07 bits per heavy atom. The highest BCUT2D eigenvalue weighted by Crippen LogP contribution is 2.33. The molecule has 0 radical (unpaired) electrons. The van der Waals surface area contributed by atoms with Crippen molar-refractivity contribution in [2.45, 2.75) is 25.3 Å². The lowest BCUT2D eigenvalue weighted by Gasteiger charge is -2.34. The second-order valence-electron chi connectivity index (χ2n) is 7.57. The van der Waals surface area contributed by atoms with Gasteiger partial charge in [-0.3, -0.25) is 9.63 Å². The largest absolute Gasteiger partial charge is 0.356 e. The minimum Gasteiger partial charge on any atom is -0.356 e. The van der Waals surface area contributed by atoms with Gasteiger partial charge in [-0.15, -0.1) is 0 Å². The van der Waals surface area contributed by atoms with E-state index in [2.05, 4.69) is 19.9 Å². The number of carbonyl (C=O) groups excluding carboxylic acids is 1. The van der Waals surface area contributed by atoms with Gasteiger partial charge in [-0.05, 0) is 25.0 Å². The van der Waals surface area contributed by atoms with Crippen molar-refractivity contribution in [1.82, 2.24) is 24.4 Å². The third-order valence-corrected chi connectivity index (χ3v) is 5.78. The molecule has 5 heterocycles. The minimum absolute atomic E-state index is 0.0228. The molecule has 0 N–H and O–H groups in total. The Morgan fingerprint density at radius 3 is 2.87 bits per heavy atom. The molecule has 30 heavy (non-hydrogen) atoms. The molecule has 5 rings (SSSR count). The van der Waals surface area contributed by atoms with Gasteiger partial charge >= 0.3 is 0 Å². The molecule has 0 aromatic carbocycles. The summed E-state index contributed by atoms with van der Waals surface area (Å²) < 4.78 is 1.96. The van der Waals surface area contributed by atoms with Crippen LogP contribution in [0, 0.1) is 17.2 Å². The van der Waals surface area contributed by atoms with E-state index in [0.29, 0.717) is 38.2 Å². The van der Waals surface area contributed by atoms with Gasteiger partial charge in [-0.25, -0.2) is 20.0 Å². The highest BCUT2D eigenvalue weighted by atomic mass is 16.7. The van der Waals surface area contributed by atoms with Gasteiger partial charge in [0.1, 0.15) is 35.6 Å². The number of aromatic nitrogens is 4. The smallest absolute Gasteiger partial charge is 0.250 e. The Balaban J connectivity index is 1.27. The van der Waals surface area contributed by atoms with E-state index in [9.17, 15) is 4.79 Å². The number of imidazole rings is 1. The third-order valence-electron chi connectivity index (χ3n) is 5.78. The van der Waals surface area contributed by atoms with Gasteiger partial charge in [-0.1, -0.05) is 6.07 Å². The third kappa shape index (κ3) is 3.35. The van der Waals surface area contributed by atoms with Gasteiger partial charge in [0.25, 0.3) is 0 Å². The lowest BCUT2D eigenvalue weighted by molar-refractivity contribution is -0.182. The van der Waals surface area contributed by atoms with E-state index < -0.39 is 0 Å². The van der Waals surface area contributed by atoms with Crippen molar-refractivity contribution in [2.75, 3.05) is 24.6 Å². The monoisotopic (exact) mass is 403 g/mol. The lowest BCUT2D eigenvalue weighted by Crippen LogP contribution is -2.42. The fraction of sp³-hybridized carbons (Fsp3) is 0.381. The molecule has 2 aliphatic rings. The van der Waals surface area contributed by atoms with Crippen molar-refractivity contribution >= 4 is 17.4 Å². The molecule has 152 valence electrons. The maximum Gasteiger partial charge on any atom is 0.250 e. The average Bonchev–Trinajstić information content (AvgIpc) is 3.45. The van der Waals surface area contributed by atoms with Crippen LogP contribution in [0.4, 0.5) is 5.82 Å². The number of hydrogen-bond acceptors (Lipinski definition) is 7. The molecule has 0 unspecified atom stereocenters. The normalized spacial score (nSPS) is 19.9. The summed E-state index contributed by atoms with van der Waals surface area (Å²) in [7, 11) is 0. The molecule has 0 aliphatic carbocycles. The van der Waals surface area contributed by atoms with E-state index in [4.69, 9.17) is 10.1 Å². The lowest BCUT2D eigenvalue weighted by atomic mass is 9.95. The predicted molar refractivity (Wildman–Crippen MR) is 107 cm³/mol. The number of anilines is 1. The van der Waals surface area contributed by atoms with Crippen LogP contribution in [0.1, 0.15) is 36.7 Å². The first-order valence-corrected chi connectivity index (χ1v) is 10.1. The van der Waals surface area contributed by atoms with Crippen LogP contribution in [0.3, 0.4) is 0 Å². The van der Waals surface area contributed by atoms with Crippen LogP contribution < -0.4 is 4.90 Å². The second kappa shape index (κ2) is 7.72. The van der Waals surface area contributed by atoms with Crippen molar-refractivity contribution < 1.29 is 9.63 Å². The number of nitriles is 1. The Hall–Kier alpha value is -3.51. The Labute approximate surface area is 173 Å². The maximum absolute atomic E-state index is 13.2. The van der Waals surface area contributed by atoms with Crippen LogP contribution in [-0.2, 0) is 9.63 Å². The summed E-state index contributed by atoms with van der Waals surface area (Å²) in [5.74, 6) is 0.651. The number of piperidine rings is 1. The summed E-state index contributed by atoms with van der Waals surface area (Å²) in [5.41, 5.74) is 2.06. The van der Waals surface area contributed by atoms with E-state index in [-0.39, 0.29) is 17.9 Å². The summed E-state index contributed by atoms with van der Waals surface area (Å²) in [5, 5.41) is 10.6. The molecule has 1 atom stereocenters. The molecule has 0 bridgehead atoms. The molecule has 2 fully saturated rings. The van der Waals surface area contributed by atoms with Gasteiger partial charge in [0.05, 0.1) is 12.3 Å². The molecule has 3 aromatic heterocycles. The minimum atomic E-state index is -0.157. The summed E-state index contributed by atoms with van der Waals surface area (Å²) in [4.78, 5) is 33.9. The second-order valence-corrected chi connectivity index (χ2v) is 7.57. The number of hydroxylamine groups is 2. The Bertz CT molecular complexity index is 1080. The van der Waals surface area contributed by atoms with Crippen LogP contribution in [0.5, 0.6) is 0 Å². The van der Waals surface area contributed by atoms with Crippen molar-refractivity contribution in [3.05, 3.63) is 54.4 Å². The topological polar surface area (TPSA) is 99.7 Å². The molecular formula is C21H21N7O2. The standard InChI is InChI=1S/C21H21N7O2/c22-12-16-11-20(24-14-23-16)26-8-4-15(5-9-26)21(29)28-18(6-10-30-28)17-13-27-7-2-1-3-19(27)25-17/h1-3,7,11,13-15,18H,4-6,8-10H2/t18-/m0/s1. The number of amides is 1. The van der Waals surface area contributed by atoms with Gasteiger partial charge in [0.2, 0.25) is 5.91 Å². The Kier molecular flexibility index (Phi) is 4.77. The summed E-state index contributed by atoms with van der Waals surface area (Å²) in [6.45, 7) is 1.91. The zero-order valence-corrected chi connectivity index (χ0v) is 16.4. The van der Waals surface area contributed by atoms with E-state index >= 15 is 0 Å². The van der Waals surface area contributed by atoms with Crippen molar-refractivity contribution in [2.24, 2.45) is 5.92 Å². The fourth-order valence-electron chi connectivity index (χ4n) is 4.19. The van der Waals surface area contributed by atoms with Gasteiger partial charge < -0.3 is 9.30 Å². The maximum atomic E-state index is 13.2. The Morgan fingerprint density at radius 1 is 1.20 bits per heavy atom. The zero-order valence-electron chi connectivity index (χ0n) is 16.4. The van der Waals surface area contributed by atoms with E-state index in [1.807, 2.05) is 41.1 Å². The van der Waals surface area contributed by atoms with Crippen LogP contribution in [-0.4, -0.2) is 50.0 Å². The molecule has 0 spiro atoms. The van der Waals surface area contributed by atoms with Crippen LogP contribution in [0.25, 0.3) is 5.65 Å². The van der Waals surface area contributed by atoms with Gasteiger partial charge in [-0.2, -0.15) is 5.26 Å². The highest BCUT2D eigenvalue weighted by Gasteiger charge is 2.38. The SMILES string of the molecule is N#Cc1cc(N2CCC(C(=O)N3OCC[C@H]3c3cn4ccccc4n3)CC2)ncn1. The fourth-order valence-corrected chi connectivity index (χ4v) is 4.19. The number of pyridine rings is 1. The van der Waals surface area contributed by atoms with Crippen molar-refractivity contribution in [3.63, 3.8) is 0 Å². The molecular weight excluding hydrogens is 382 g/mol. The molecule has 0 saturated carbocycles. The summed E-state index contributed by atoms with van der Waals surface area (Å²) in [6.07, 6.45) is 7.49. The first-order valence-electron chi connectivity index (χ1n) is 10.1. The van der Waals surface area contributed by atoms with Gasteiger partial charge in [0.15, 0.2) is 0 Å². The number of hydrogen-bond donors (Lipinski definition) is 0. The van der Waals surface area contributed by atoms with Crippen LogP contribution in [0.15, 0.2) is 43.0 Å². The van der Waals surface area contributed by atoms with Crippen molar-refractivity contribution in [3.8, 4) is 6.07 Å². The molecule has 2 aliphatic heterocycles. The van der Waals surface area contributed by atoms with Crippen LogP contribution >= 0.6 is 0 Å². The highest BCUT2D eigenvalue weighted by molar-refractivity contribution is 5.79. The summed E-state index contributed by atoms with van der Waals surface area (Å²) in [6, 6.07) is 9.42. The molecule has 9 heteroatoms. The average molecular weight is 403 g/mol. The molecule has 1 amide bonds. The van der Waals surface area contributed by atoms with E-state index in [0.717, 1.165) is 23.6 Å².